The van der Waals surface area contributed by atoms with Crippen molar-refractivity contribution in [3.63, 3.8) is 0 Å². The van der Waals surface area contributed by atoms with Crippen LogP contribution >= 0.6 is 11.3 Å². The summed E-state index contributed by atoms with van der Waals surface area (Å²) in [7, 11) is 0. The molecule has 0 saturated carbocycles. The molecule has 0 atom stereocenters. The van der Waals surface area contributed by atoms with E-state index in [1.54, 1.807) is 6.07 Å². The summed E-state index contributed by atoms with van der Waals surface area (Å²) in [6.07, 6.45) is 0.722. The summed E-state index contributed by atoms with van der Waals surface area (Å²) in [6.45, 7) is -0.101. The van der Waals surface area contributed by atoms with Crippen LogP contribution in [0.2, 0.25) is 0 Å². The van der Waals surface area contributed by atoms with Gasteiger partial charge < -0.3 is 10.8 Å². The van der Waals surface area contributed by atoms with Gasteiger partial charge in [0, 0.05) is 5.56 Å². The zero-order valence-corrected chi connectivity index (χ0v) is 6.02. The molecule has 0 aromatic carbocycles. The standard InChI is InChI=1S/C6H7NO2S/c7-6-4(2-8)1-5(3-9)10-6/h1,3,8H,2,7H2. The molecular formula is C6H7NO2S. The highest BCUT2D eigenvalue weighted by Crippen LogP contribution is 2.22. The Balaban J connectivity index is 3.03. The van der Waals surface area contributed by atoms with Gasteiger partial charge in [0.1, 0.15) is 0 Å². The average Bonchev–Trinajstić information content (AvgIpc) is 2.30. The number of nitrogens with two attached hydrogens (primary N) is 1. The molecule has 54 valence electrons. The first kappa shape index (κ1) is 7.24. The van der Waals surface area contributed by atoms with Gasteiger partial charge in [0.2, 0.25) is 0 Å². The van der Waals surface area contributed by atoms with Crippen molar-refractivity contribution in [1.82, 2.24) is 0 Å². The van der Waals surface area contributed by atoms with E-state index in [2.05, 4.69) is 0 Å². The molecule has 0 amide bonds. The molecule has 0 unspecified atom stereocenters. The highest BCUT2D eigenvalue weighted by atomic mass is 32.1. The van der Waals surface area contributed by atoms with Gasteiger partial charge in [-0.3, -0.25) is 4.79 Å². The molecule has 4 heteroatoms. The quantitative estimate of drug-likeness (QED) is 0.619. The fourth-order valence-electron chi connectivity index (χ4n) is 0.646. The second-order valence-electron chi connectivity index (χ2n) is 1.81. The Morgan fingerprint density at radius 2 is 2.50 bits per heavy atom. The first-order chi connectivity index (χ1) is 4.77. The summed E-state index contributed by atoms with van der Waals surface area (Å²) < 4.78 is 0. The highest BCUT2D eigenvalue weighted by Gasteiger charge is 2.02. The SMILES string of the molecule is Nc1sc(C=O)cc1CO. The van der Waals surface area contributed by atoms with Crippen LogP contribution in [0, 0.1) is 0 Å². The van der Waals surface area contributed by atoms with Crippen LogP contribution in [0.1, 0.15) is 15.2 Å². The van der Waals surface area contributed by atoms with Crippen LogP contribution in [0.25, 0.3) is 0 Å². The maximum atomic E-state index is 10.2. The van der Waals surface area contributed by atoms with Crippen LogP contribution in [-0.4, -0.2) is 11.4 Å². The number of hydrogen-bond donors (Lipinski definition) is 2. The zero-order chi connectivity index (χ0) is 7.56. The molecule has 0 spiro atoms. The van der Waals surface area contributed by atoms with Crippen LogP contribution in [0.3, 0.4) is 0 Å². The predicted octanol–water partition coefficient (Wildman–Crippen LogP) is 0.635. The van der Waals surface area contributed by atoms with Crippen LogP contribution in [0.4, 0.5) is 5.00 Å². The number of aldehydes is 1. The van der Waals surface area contributed by atoms with E-state index in [9.17, 15) is 4.79 Å². The van der Waals surface area contributed by atoms with Crippen LogP contribution < -0.4 is 5.73 Å². The molecule has 0 aliphatic heterocycles. The largest absolute Gasteiger partial charge is 0.392 e. The van der Waals surface area contributed by atoms with Gasteiger partial charge in [-0.15, -0.1) is 11.3 Å². The topological polar surface area (TPSA) is 63.3 Å². The van der Waals surface area contributed by atoms with Crippen molar-refractivity contribution in [2.75, 3.05) is 5.73 Å². The van der Waals surface area contributed by atoms with Crippen molar-refractivity contribution >= 4 is 22.6 Å². The molecule has 1 rings (SSSR count). The summed E-state index contributed by atoms with van der Waals surface area (Å²) in [5, 5.41) is 9.16. The Morgan fingerprint density at radius 3 is 2.80 bits per heavy atom. The number of aliphatic hydroxyl groups excluding tert-OH is 1. The lowest BCUT2D eigenvalue weighted by atomic mass is 10.3. The van der Waals surface area contributed by atoms with Gasteiger partial charge in [-0.2, -0.15) is 0 Å². The molecule has 0 saturated heterocycles. The Kier molecular flexibility index (Phi) is 2.03. The van der Waals surface area contributed by atoms with E-state index in [-0.39, 0.29) is 6.61 Å². The highest BCUT2D eigenvalue weighted by molar-refractivity contribution is 7.17. The molecule has 1 aromatic heterocycles. The Labute approximate surface area is 62.1 Å². The van der Waals surface area contributed by atoms with Crippen LogP contribution in [0.15, 0.2) is 6.07 Å². The minimum absolute atomic E-state index is 0.101. The lowest BCUT2D eigenvalue weighted by molar-refractivity contribution is 0.112. The zero-order valence-electron chi connectivity index (χ0n) is 5.20. The van der Waals surface area contributed by atoms with Gasteiger partial charge in [0.25, 0.3) is 0 Å². The molecule has 0 bridgehead atoms. The third-order valence-corrected chi connectivity index (χ3v) is 2.08. The van der Waals surface area contributed by atoms with Crippen LogP contribution in [0.5, 0.6) is 0 Å². The molecule has 3 N–H and O–H groups in total. The van der Waals surface area contributed by atoms with E-state index in [0.29, 0.717) is 15.4 Å². The summed E-state index contributed by atoms with van der Waals surface area (Å²) in [6, 6.07) is 1.59. The minimum Gasteiger partial charge on any atom is -0.392 e. The summed E-state index contributed by atoms with van der Waals surface area (Å²) in [5.41, 5.74) is 6.06. The van der Waals surface area contributed by atoms with Crippen molar-refractivity contribution in [1.29, 1.82) is 0 Å². The second kappa shape index (κ2) is 2.81. The van der Waals surface area contributed by atoms with Gasteiger partial charge in [-0.25, -0.2) is 0 Å². The number of carbonyl (C=O) groups excluding carboxylic acids is 1. The summed E-state index contributed by atoms with van der Waals surface area (Å²) in [4.78, 5) is 10.7. The van der Waals surface area contributed by atoms with Crippen molar-refractivity contribution in [2.24, 2.45) is 0 Å². The number of aliphatic hydroxyl groups is 1. The van der Waals surface area contributed by atoms with Gasteiger partial charge in [0.15, 0.2) is 6.29 Å². The second-order valence-corrected chi connectivity index (χ2v) is 2.93. The average molecular weight is 157 g/mol. The van der Waals surface area contributed by atoms with E-state index in [1.165, 1.54) is 11.3 Å². The lowest BCUT2D eigenvalue weighted by Gasteiger charge is -1.87. The van der Waals surface area contributed by atoms with Gasteiger partial charge in [-0.1, -0.05) is 0 Å². The maximum Gasteiger partial charge on any atom is 0.160 e. The molecule has 0 aliphatic rings. The van der Waals surface area contributed by atoms with E-state index in [1.807, 2.05) is 0 Å². The Hall–Kier alpha value is -0.870. The normalized spacial score (nSPS) is 9.70. The van der Waals surface area contributed by atoms with Gasteiger partial charge in [0.05, 0.1) is 16.5 Å². The maximum absolute atomic E-state index is 10.2. The fraction of sp³-hybridized carbons (Fsp3) is 0.167. The fourth-order valence-corrected chi connectivity index (χ4v) is 1.40. The van der Waals surface area contributed by atoms with Gasteiger partial charge >= 0.3 is 0 Å². The number of hydrogen-bond acceptors (Lipinski definition) is 4. The van der Waals surface area contributed by atoms with E-state index in [0.717, 1.165) is 6.29 Å². The molecule has 10 heavy (non-hydrogen) atoms. The molecule has 1 heterocycles. The molecule has 0 aliphatic carbocycles. The van der Waals surface area contributed by atoms with Crippen LogP contribution in [-0.2, 0) is 6.61 Å². The first-order valence-corrected chi connectivity index (χ1v) is 3.53. The molecule has 3 nitrogen and oxygen atoms in total. The smallest absolute Gasteiger partial charge is 0.160 e. The van der Waals surface area contributed by atoms with Crippen molar-refractivity contribution in [2.45, 2.75) is 6.61 Å². The number of thiophene rings is 1. The van der Waals surface area contributed by atoms with Crippen molar-refractivity contribution < 1.29 is 9.90 Å². The Morgan fingerprint density at radius 1 is 1.80 bits per heavy atom. The number of anilines is 1. The minimum atomic E-state index is -0.101. The Bertz CT molecular complexity index is 244. The van der Waals surface area contributed by atoms with E-state index in [4.69, 9.17) is 10.8 Å². The third-order valence-electron chi connectivity index (χ3n) is 1.15. The summed E-state index contributed by atoms with van der Waals surface area (Å²) >= 11 is 1.19. The van der Waals surface area contributed by atoms with Crippen molar-refractivity contribution in [3.05, 3.63) is 16.5 Å². The monoisotopic (exact) mass is 157 g/mol. The molecule has 0 fully saturated rings. The number of nitrogen functional groups attached to an aromatic ring is 1. The number of rotatable bonds is 2. The van der Waals surface area contributed by atoms with E-state index < -0.39 is 0 Å². The molecular weight excluding hydrogens is 150 g/mol. The van der Waals surface area contributed by atoms with E-state index >= 15 is 0 Å². The number of carbonyl (C=O) groups is 1. The molecule has 1 aromatic rings. The first-order valence-electron chi connectivity index (χ1n) is 2.72. The summed E-state index contributed by atoms with van der Waals surface area (Å²) in [5.74, 6) is 0. The van der Waals surface area contributed by atoms with Crippen molar-refractivity contribution in [3.8, 4) is 0 Å². The van der Waals surface area contributed by atoms with Gasteiger partial charge in [-0.05, 0) is 6.07 Å². The predicted molar refractivity (Wildman–Crippen MR) is 40.0 cm³/mol. The molecule has 0 radical (unpaired) electrons. The third kappa shape index (κ3) is 1.17. The lowest BCUT2D eigenvalue weighted by Crippen LogP contribution is -1.85.